The lowest BCUT2D eigenvalue weighted by Crippen LogP contribution is -2.37. The molecule has 1 unspecified atom stereocenters. The quantitative estimate of drug-likeness (QED) is 0.781. The van der Waals surface area contributed by atoms with E-state index < -0.39 is 15.3 Å². The van der Waals surface area contributed by atoms with Gasteiger partial charge in [0.2, 0.25) is 10.0 Å². The van der Waals surface area contributed by atoms with Crippen molar-refractivity contribution >= 4 is 60.4 Å². The second-order valence-corrected chi connectivity index (χ2v) is 7.08. The number of thiocarbonyl (C=S) groups is 1. The van der Waals surface area contributed by atoms with Crippen molar-refractivity contribution in [1.82, 2.24) is 0 Å². The minimum atomic E-state index is -3.67. The maximum atomic E-state index is 12.1. The fraction of sp³-hybridized carbons (Fsp3) is 0.300. The lowest BCUT2D eigenvalue weighted by Gasteiger charge is -2.17. The van der Waals surface area contributed by atoms with Crippen LogP contribution < -0.4 is 10.5 Å². The molecule has 0 aromatic heterocycles. The molecule has 0 saturated heterocycles. The fourth-order valence-electron chi connectivity index (χ4n) is 1.38. The van der Waals surface area contributed by atoms with Gasteiger partial charge >= 0.3 is 0 Å². The van der Waals surface area contributed by atoms with Crippen LogP contribution in [0.25, 0.3) is 0 Å². The Kier molecular flexibility index (Phi) is 5.39. The van der Waals surface area contributed by atoms with E-state index >= 15 is 0 Å². The first-order valence-corrected chi connectivity index (χ1v) is 8.17. The largest absolute Gasteiger partial charge is 0.392 e. The molecule has 0 aliphatic heterocycles. The van der Waals surface area contributed by atoms with Gasteiger partial charge in [0, 0.05) is 0 Å². The van der Waals surface area contributed by atoms with E-state index in [1.807, 2.05) is 0 Å². The standard InChI is InChI=1S/C10H12BrClN2O2S2/c1-2-8(10(13)17)18(15,16)14-7-5-3-4-6(12)9(7)11/h3-5,8,14H,2H2,1H3,(H2,13,17). The Balaban J connectivity index is 3.10. The summed E-state index contributed by atoms with van der Waals surface area (Å²) in [5, 5.41) is -0.489. The molecule has 0 fully saturated rings. The molecule has 1 aromatic carbocycles. The molecule has 0 saturated carbocycles. The molecule has 1 atom stereocenters. The van der Waals surface area contributed by atoms with Crippen LogP contribution in [0.2, 0.25) is 5.02 Å². The van der Waals surface area contributed by atoms with E-state index in [9.17, 15) is 8.42 Å². The van der Waals surface area contributed by atoms with Crippen LogP contribution in [0.1, 0.15) is 13.3 Å². The van der Waals surface area contributed by atoms with Gasteiger partial charge in [-0.05, 0) is 34.5 Å². The molecule has 4 nitrogen and oxygen atoms in total. The van der Waals surface area contributed by atoms with Crippen molar-refractivity contribution in [3.8, 4) is 0 Å². The van der Waals surface area contributed by atoms with Crippen molar-refractivity contribution < 1.29 is 8.42 Å². The Labute approximate surface area is 125 Å². The van der Waals surface area contributed by atoms with Crippen LogP contribution in [-0.4, -0.2) is 18.7 Å². The number of hydrogen-bond donors (Lipinski definition) is 2. The molecule has 0 spiro atoms. The maximum Gasteiger partial charge on any atom is 0.242 e. The summed E-state index contributed by atoms with van der Waals surface area (Å²) < 4.78 is 27.1. The van der Waals surface area contributed by atoms with Crippen LogP contribution >= 0.6 is 39.7 Å². The molecular weight excluding hydrogens is 360 g/mol. The van der Waals surface area contributed by atoms with Crippen LogP contribution in [0.15, 0.2) is 22.7 Å². The molecule has 0 aliphatic carbocycles. The van der Waals surface area contributed by atoms with Gasteiger partial charge in [-0.25, -0.2) is 8.42 Å². The summed E-state index contributed by atoms with van der Waals surface area (Å²) in [6.07, 6.45) is 0.308. The average Bonchev–Trinajstić information content (AvgIpc) is 2.24. The maximum absolute atomic E-state index is 12.1. The van der Waals surface area contributed by atoms with E-state index in [1.54, 1.807) is 25.1 Å². The van der Waals surface area contributed by atoms with Crippen molar-refractivity contribution in [3.05, 3.63) is 27.7 Å². The van der Waals surface area contributed by atoms with Crippen molar-refractivity contribution in [2.24, 2.45) is 5.73 Å². The van der Waals surface area contributed by atoms with Crippen LogP contribution in [0.4, 0.5) is 5.69 Å². The van der Waals surface area contributed by atoms with Gasteiger partial charge in [-0.1, -0.05) is 36.8 Å². The number of rotatable bonds is 5. The first-order valence-electron chi connectivity index (χ1n) is 5.04. The molecule has 0 heterocycles. The Morgan fingerprint density at radius 1 is 1.61 bits per heavy atom. The zero-order valence-corrected chi connectivity index (χ0v) is 13.5. The van der Waals surface area contributed by atoms with E-state index in [0.29, 0.717) is 21.6 Å². The van der Waals surface area contributed by atoms with Gasteiger partial charge < -0.3 is 5.73 Å². The first kappa shape index (κ1) is 15.7. The lowest BCUT2D eigenvalue weighted by atomic mass is 10.3. The zero-order valence-electron chi connectivity index (χ0n) is 9.48. The number of benzene rings is 1. The molecule has 0 radical (unpaired) electrons. The Hall–Kier alpha value is -0.370. The number of halogens is 2. The van der Waals surface area contributed by atoms with Crippen molar-refractivity contribution in [3.63, 3.8) is 0 Å². The van der Waals surface area contributed by atoms with Gasteiger partial charge in [0.15, 0.2) is 0 Å². The average molecular weight is 372 g/mol. The van der Waals surface area contributed by atoms with E-state index in [4.69, 9.17) is 29.6 Å². The Bertz CT molecular complexity index is 563. The van der Waals surface area contributed by atoms with Crippen LogP contribution in [0.5, 0.6) is 0 Å². The van der Waals surface area contributed by atoms with Crippen molar-refractivity contribution in [2.75, 3.05) is 4.72 Å². The number of nitrogens with one attached hydrogen (secondary N) is 1. The molecule has 0 amide bonds. The minimum absolute atomic E-state index is 0.0526. The molecular formula is C10H12BrClN2O2S2. The van der Waals surface area contributed by atoms with E-state index in [1.165, 1.54) is 0 Å². The highest BCUT2D eigenvalue weighted by Gasteiger charge is 2.27. The van der Waals surface area contributed by atoms with Gasteiger partial charge in [0.1, 0.15) is 5.25 Å². The van der Waals surface area contributed by atoms with Gasteiger partial charge in [0.25, 0.3) is 0 Å². The van der Waals surface area contributed by atoms with Crippen molar-refractivity contribution in [2.45, 2.75) is 18.6 Å². The predicted molar refractivity (Wildman–Crippen MR) is 82.6 cm³/mol. The SMILES string of the molecule is CCC(C(N)=S)S(=O)(=O)Nc1cccc(Cl)c1Br. The zero-order chi connectivity index (χ0) is 13.9. The number of sulfonamides is 1. The van der Waals surface area contributed by atoms with Gasteiger partial charge in [-0.3, -0.25) is 4.72 Å². The highest BCUT2D eigenvalue weighted by molar-refractivity contribution is 9.10. The third kappa shape index (κ3) is 3.57. The molecule has 8 heteroatoms. The highest BCUT2D eigenvalue weighted by atomic mass is 79.9. The number of nitrogens with two attached hydrogens (primary N) is 1. The second-order valence-electron chi connectivity index (χ2n) is 3.55. The minimum Gasteiger partial charge on any atom is -0.392 e. The summed E-state index contributed by atoms with van der Waals surface area (Å²) >= 11 is 13.9. The van der Waals surface area contributed by atoms with E-state index in [0.717, 1.165) is 0 Å². The predicted octanol–water partition coefficient (Wildman–Crippen LogP) is 2.91. The number of anilines is 1. The number of hydrogen-bond acceptors (Lipinski definition) is 3. The van der Waals surface area contributed by atoms with Crippen LogP contribution in [0.3, 0.4) is 0 Å². The van der Waals surface area contributed by atoms with Gasteiger partial charge in [0.05, 0.1) is 20.2 Å². The third-order valence-corrected chi connectivity index (χ3v) is 5.94. The summed E-state index contributed by atoms with van der Waals surface area (Å²) in [7, 11) is -3.67. The Morgan fingerprint density at radius 3 is 2.72 bits per heavy atom. The normalized spacial score (nSPS) is 13.1. The molecule has 100 valence electrons. The first-order chi connectivity index (χ1) is 8.29. The summed E-state index contributed by atoms with van der Waals surface area (Å²) in [5.74, 6) is 0. The summed E-state index contributed by atoms with van der Waals surface area (Å²) in [5.41, 5.74) is 5.79. The van der Waals surface area contributed by atoms with E-state index in [-0.39, 0.29) is 4.99 Å². The van der Waals surface area contributed by atoms with Crippen LogP contribution in [0, 0.1) is 0 Å². The lowest BCUT2D eigenvalue weighted by molar-refractivity contribution is 0.594. The molecule has 0 aliphatic rings. The molecule has 0 bridgehead atoms. The topological polar surface area (TPSA) is 72.2 Å². The summed E-state index contributed by atoms with van der Waals surface area (Å²) in [6, 6.07) is 4.89. The molecule has 3 N–H and O–H groups in total. The second kappa shape index (κ2) is 6.18. The molecule has 1 rings (SSSR count). The van der Waals surface area contributed by atoms with Gasteiger partial charge in [-0.15, -0.1) is 0 Å². The van der Waals surface area contributed by atoms with E-state index in [2.05, 4.69) is 20.7 Å². The van der Waals surface area contributed by atoms with Crippen LogP contribution in [-0.2, 0) is 10.0 Å². The fourth-order valence-corrected chi connectivity index (χ4v) is 3.96. The highest BCUT2D eigenvalue weighted by Crippen LogP contribution is 2.31. The third-order valence-electron chi connectivity index (χ3n) is 2.27. The summed E-state index contributed by atoms with van der Waals surface area (Å²) in [4.78, 5) is -0.0526. The summed E-state index contributed by atoms with van der Waals surface area (Å²) in [6.45, 7) is 1.70. The van der Waals surface area contributed by atoms with Crippen molar-refractivity contribution in [1.29, 1.82) is 0 Å². The monoisotopic (exact) mass is 370 g/mol. The smallest absolute Gasteiger partial charge is 0.242 e. The molecule has 18 heavy (non-hydrogen) atoms. The molecule has 1 aromatic rings. The Morgan fingerprint density at radius 2 is 2.22 bits per heavy atom. The van der Waals surface area contributed by atoms with Gasteiger partial charge in [-0.2, -0.15) is 0 Å².